The predicted octanol–water partition coefficient (Wildman–Crippen LogP) is 6.02. The third-order valence-corrected chi connectivity index (χ3v) is 5.28. The summed E-state index contributed by atoms with van der Waals surface area (Å²) >= 11 is 10.4. The number of hydrogen-bond acceptors (Lipinski definition) is 1. The van der Waals surface area contributed by atoms with E-state index in [0.29, 0.717) is 0 Å². The zero-order valence-electron chi connectivity index (χ0n) is 13.1. The first kappa shape index (κ1) is 16.4. The second-order valence-electron chi connectivity index (χ2n) is 5.45. The molecule has 0 bridgehead atoms. The van der Waals surface area contributed by atoms with Gasteiger partial charge in [-0.1, -0.05) is 34.1 Å². The van der Waals surface area contributed by atoms with Gasteiger partial charge in [0.1, 0.15) is 5.75 Å². The standard InChI is InChI=1S/C18H20BrClO/c1-10-6-7-14(8-11(10)2)17(20)16-13(4)15(19)9-12(3)18(16)21-5/h6-9,17H,1-5H3. The van der Waals surface area contributed by atoms with Gasteiger partial charge in [0.2, 0.25) is 0 Å². The first-order valence-electron chi connectivity index (χ1n) is 6.91. The van der Waals surface area contributed by atoms with E-state index in [1.54, 1.807) is 7.11 Å². The average Bonchev–Trinajstić information content (AvgIpc) is 2.44. The minimum atomic E-state index is -0.226. The molecule has 2 rings (SSSR count). The summed E-state index contributed by atoms with van der Waals surface area (Å²) in [4.78, 5) is 0. The zero-order valence-corrected chi connectivity index (χ0v) is 15.4. The van der Waals surface area contributed by atoms with Crippen molar-refractivity contribution in [3.63, 3.8) is 0 Å². The Balaban J connectivity index is 2.62. The van der Waals surface area contributed by atoms with Gasteiger partial charge in [0.25, 0.3) is 0 Å². The SMILES string of the molecule is COc1c(C)cc(Br)c(C)c1C(Cl)c1ccc(C)c(C)c1. The Morgan fingerprint density at radius 2 is 1.67 bits per heavy atom. The van der Waals surface area contributed by atoms with Gasteiger partial charge < -0.3 is 4.74 Å². The molecule has 0 radical (unpaired) electrons. The van der Waals surface area contributed by atoms with Crippen LogP contribution in [-0.4, -0.2) is 7.11 Å². The molecule has 0 aliphatic heterocycles. The van der Waals surface area contributed by atoms with Crippen molar-refractivity contribution in [2.75, 3.05) is 7.11 Å². The fourth-order valence-corrected chi connectivity index (χ4v) is 3.50. The van der Waals surface area contributed by atoms with E-state index in [1.807, 2.05) is 6.92 Å². The van der Waals surface area contributed by atoms with Crippen molar-refractivity contribution >= 4 is 27.5 Å². The van der Waals surface area contributed by atoms with E-state index in [9.17, 15) is 0 Å². The normalized spacial score (nSPS) is 12.3. The van der Waals surface area contributed by atoms with Crippen molar-refractivity contribution in [3.05, 3.63) is 62.1 Å². The summed E-state index contributed by atoms with van der Waals surface area (Å²) < 4.78 is 6.66. The molecular weight excluding hydrogens is 348 g/mol. The van der Waals surface area contributed by atoms with Gasteiger partial charge in [0, 0.05) is 10.0 Å². The van der Waals surface area contributed by atoms with Crippen molar-refractivity contribution in [1.82, 2.24) is 0 Å². The predicted molar refractivity (Wildman–Crippen MR) is 93.8 cm³/mol. The van der Waals surface area contributed by atoms with Crippen LogP contribution in [0.2, 0.25) is 0 Å². The van der Waals surface area contributed by atoms with Gasteiger partial charge >= 0.3 is 0 Å². The molecule has 112 valence electrons. The Morgan fingerprint density at radius 1 is 1.00 bits per heavy atom. The Morgan fingerprint density at radius 3 is 2.24 bits per heavy atom. The van der Waals surface area contributed by atoms with Gasteiger partial charge in [-0.15, -0.1) is 11.6 Å². The van der Waals surface area contributed by atoms with Crippen LogP contribution in [0.4, 0.5) is 0 Å². The summed E-state index contributed by atoms with van der Waals surface area (Å²) in [6.07, 6.45) is 0. The number of halogens is 2. The van der Waals surface area contributed by atoms with Gasteiger partial charge in [-0.3, -0.25) is 0 Å². The van der Waals surface area contributed by atoms with Crippen LogP contribution in [0.25, 0.3) is 0 Å². The van der Waals surface area contributed by atoms with E-state index in [4.69, 9.17) is 16.3 Å². The van der Waals surface area contributed by atoms with Crippen LogP contribution < -0.4 is 4.74 Å². The molecule has 2 aromatic rings. The minimum Gasteiger partial charge on any atom is -0.496 e. The van der Waals surface area contributed by atoms with Crippen molar-refractivity contribution < 1.29 is 4.74 Å². The molecule has 0 aromatic heterocycles. The van der Waals surface area contributed by atoms with E-state index in [2.05, 4.69) is 61.0 Å². The maximum absolute atomic E-state index is 6.79. The molecule has 0 N–H and O–H groups in total. The van der Waals surface area contributed by atoms with Gasteiger partial charge in [0.05, 0.1) is 12.5 Å². The molecule has 21 heavy (non-hydrogen) atoms. The maximum atomic E-state index is 6.79. The second kappa shape index (κ2) is 6.41. The van der Waals surface area contributed by atoms with E-state index < -0.39 is 0 Å². The molecule has 0 fully saturated rings. The lowest BCUT2D eigenvalue weighted by atomic mass is 9.95. The highest BCUT2D eigenvalue weighted by atomic mass is 79.9. The van der Waals surface area contributed by atoms with Crippen molar-refractivity contribution in [3.8, 4) is 5.75 Å². The quantitative estimate of drug-likeness (QED) is 0.603. The van der Waals surface area contributed by atoms with Gasteiger partial charge in [0.15, 0.2) is 0 Å². The van der Waals surface area contributed by atoms with Gasteiger partial charge in [-0.2, -0.15) is 0 Å². The van der Waals surface area contributed by atoms with E-state index >= 15 is 0 Å². The van der Waals surface area contributed by atoms with Crippen LogP contribution >= 0.6 is 27.5 Å². The lowest BCUT2D eigenvalue weighted by Crippen LogP contribution is -2.03. The number of aryl methyl sites for hydroxylation is 3. The summed E-state index contributed by atoms with van der Waals surface area (Å²) in [6, 6.07) is 8.44. The number of hydrogen-bond donors (Lipinski definition) is 0. The molecule has 3 heteroatoms. The molecule has 1 atom stereocenters. The average molecular weight is 368 g/mol. The summed E-state index contributed by atoms with van der Waals surface area (Å²) in [5.74, 6) is 0.869. The minimum absolute atomic E-state index is 0.226. The zero-order chi connectivity index (χ0) is 15.7. The van der Waals surface area contributed by atoms with Crippen molar-refractivity contribution in [1.29, 1.82) is 0 Å². The molecule has 0 heterocycles. The first-order valence-corrected chi connectivity index (χ1v) is 8.14. The molecule has 0 saturated heterocycles. The Hall–Kier alpha value is -0.990. The third-order valence-electron chi connectivity index (χ3n) is 3.99. The number of methoxy groups -OCH3 is 1. The van der Waals surface area contributed by atoms with Gasteiger partial charge in [-0.05, 0) is 61.6 Å². The highest BCUT2D eigenvalue weighted by Gasteiger charge is 2.22. The van der Waals surface area contributed by atoms with Crippen LogP contribution in [0, 0.1) is 27.7 Å². The fraction of sp³-hybridized carbons (Fsp3) is 0.333. The molecule has 0 aliphatic rings. The Labute approximate surface area is 140 Å². The second-order valence-corrected chi connectivity index (χ2v) is 6.74. The largest absolute Gasteiger partial charge is 0.496 e. The third kappa shape index (κ3) is 3.12. The lowest BCUT2D eigenvalue weighted by molar-refractivity contribution is 0.406. The Bertz CT molecular complexity index is 679. The van der Waals surface area contributed by atoms with Gasteiger partial charge in [-0.25, -0.2) is 0 Å². The maximum Gasteiger partial charge on any atom is 0.127 e. The monoisotopic (exact) mass is 366 g/mol. The van der Waals surface area contributed by atoms with Crippen molar-refractivity contribution in [2.45, 2.75) is 33.1 Å². The molecule has 1 nitrogen and oxygen atoms in total. The summed E-state index contributed by atoms with van der Waals surface area (Å²) in [7, 11) is 1.70. The lowest BCUT2D eigenvalue weighted by Gasteiger charge is -2.21. The molecular formula is C18H20BrClO. The van der Waals surface area contributed by atoms with E-state index in [0.717, 1.165) is 32.5 Å². The summed E-state index contributed by atoms with van der Waals surface area (Å²) in [6.45, 7) is 8.32. The molecule has 1 unspecified atom stereocenters. The van der Waals surface area contributed by atoms with Crippen LogP contribution in [0.15, 0.2) is 28.7 Å². The molecule has 0 saturated carbocycles. The smallest absolute Gasteiger partial charge is 0.127 e. The summed E-state index contributed by atoms with van der Waals surface area (Å²) in [5, 5.41) is -0.226. The van der Waals surface area contributed by atoms with E-state index in [1.165, 1.54) is 11.1 Å². The highest BCUT2D eigenvalue weighted by molar-refractivity contribution is 9.10. The summed E-state index contributed by atoms with van der Waals surface area (Å²) in [5.41, 5.74) is 6.86. The van der Waals surface area contributed by atoms with Crippen LogP contribution in [0.5, 0.6) is 5.75 Å². The van der Waals surface area contributed by atoms with Crippen LogP contribution in [0.3, 0.4) is 0 Å². The van der Waals surface area contributed by atoms with Crippen LogP contribution in [0.1, 0.15) is 38.8 Å². The number of rotatable bonds is 3. The number of alkyl halides is 1. The number of ether oxygens (including phenoxy) is 1. The molecule has 0 aliphatic carbocycles. The van der Waals surface area contributed by atoms with Crippen LogP contribution in [-0.2, 0) is 0 Å². The highest BCUT2D eigenvalue weighted by Crippen LogP contribution is 2.42. The molecule has 0 spiro atoms. The molecule has 0 amide bonds. The Kier molecular flexibility index (Phi) is 5.00. The van der Waals surface area contributed by atoms with E-state index in [-0.39, 0.29) is 5.38 Å². The van der Waals surface area contributed by atoms with Crippen molar-refractivity contribution in [2.24, 2.45) is 0 Å². The number of benzene rings is 2. The fourth-order valence-electron chi connectivity index (χ4n) is 2.54. The first-order chi connectivity index (χ1) is 9.86. The topological polar surface area (TPSA) is 9.23 Å². The molecule has 2 aromatic carbocycles.